The zero-order valence-electron chi connectivity index (χ0n) is 14.8. The molecule has 0 atom stereocenters. The number of para-hydroxylation sites is 1. The predicted octanol–water partition coefficient (Wildman–Crippen LogP) is 3.38. The minimum Gasteiger partial charge on any atom is -0.493 e. The number of anilines is 1. The Bertz CT molecular complexity index is 727. The Morgan fingerprint density at radius 1 is 1.04 bits per heavy atom. The average Bonchev–Trinajstić information content (AvgIpc) is 2.62. The Hall–Kier alpha value is -2.95. The molecule has 0 aliphatic rings. The average molecular weight is 340 g/mol. The number of amides is 1. The second-order valence-corrected chi connectivity index (χ2v) is 5.55. The Balaban J connectivity index is 1.83. The Morgan fingerprint density at radius 3 is 2.44 bits per heavy atom. The molecule has 0 radical (unpaired) electrons. The van der Waals surface area contributed by atoms with Crippen molar-refractivity contribution in [2.75, 3.05) is 26.1 Å². The summed E-state index contributed by atoms with van der Waals surface area (Å²) in [5.74, 6) is 1.28. The molecule has 0 fully saturated rings. The summed E-state index contributed by atoms with van der Waals surface area (Å²) in [5, 5.41) is 6.06. The smallest absolute Gasteiger partial charge is 0.250 e. The second-order valence-electron chi connectivity index (χ2n) is 5.55. The number of allylic oxidation sites excluding steroid dienone is 1. The van der Waals surface area contributed by atoms with Crippen LogP contribution < -0.4 is 20.1 Å². The lowest BCUT2D eigenvalue weighted by molar-refractivity contribution is -0.112. The molecule has 0 heterocycles. The number of rotatable bonds is 8. The summed E-state index contributed by atoms with van der Waals surface area (Å²) in [6.07, 6.45) is 2.37. The van der Waals surface area contributed by atoms with E-state index in [1.807, 2.05) is 55.5 Å². The molecule has 0 saturated heterocycles. The van der Waals surface area contributed by atoms with Crippen molar-refractivity contribution in [1.29, 1.82) is 0 Å². The van der Waals surface area contributed by atoms with E-state index in [4.69, 9.17) is 9.47 Å². The highest BCUT2D eigenvalue weighted by molar-refractivity contribution is 5.99. The third-order valence-corrected chi connectivity index (χ3v) is 3.65. The summed E-state index contributed by atoms with van der Waals surface area (Å²) in [6.45, 7) is 2.59. The summed E-state index contributed by atoms with van der Waals surface area (Å²) in [5.41, 5.74) is 2.72. The van der Waals surface area contributed by atoms with Gasteiger partial charge in [0, 0.05) is 24.0 Å². The van der Waals surface area contributed by atoms with Gasteiger partial charge < -0.3 is 20.1 Å². The van der Waals surface area contributed by atoms with E-state index >= 15 is 0 Å². The maximum absolute atomic E-state index is 12.0. The van der Waals surface area contributed by atoms with Crippen LogP contribution in [0, 0.1) is 0 Å². The third kappa shape index (κ3) is 5.88. The number of carbonyl (C=O) groups excluding carboxylic acids is 1. The molecule has 2 rings (SSSR count). The SMILES string of the molecule is COc1ccc(CCN/C(C)=C/C(=O)Nc2ccccc2)cc1OC. The van der Waals surface area contributed by atoms with E-state index < -0.39 is 0 Å². The van der Waals surface area contributed by atoms with E-state index in [0.717, 1.165) is 35.7 Å². The number of benzene rings is 2. The standard InChI is InChI=1S/C20H24N2O3/c1-15(13-20(23)22-17-7-5-4-6-8-17)21-12-11-16-9-10-18(24-2)19(14-16)25-3/h4-10,13-14,21H,11-12H2,1-3H3,(H,22,23)/b15-13+. The van der Waals surface area contributed by atoms with Crippen LogP contribution in [0.5, 0.6) is 11.5 Å². The molecule has 5 heteroatoms. The molecule has 0 aliphatic carbocycles. The van der Waals surface area contributed by atoms with E-state index in [0.29, 0.717) is 5.75 Å². The highest BCUT2D eigenvalue weighted by atomic mass is 16.5. The number of methoxy groups -OCH3 is 2. The van der Waals surface area contributed by atoms with E-state index in [1.54, 1.807) is 20.3 Å². The maximum Gasteiger partial charge on any atom is 0.250 e. The van der Waals surface area contributed by atoms with Gasteiger partial charge in [-0.3, -0.25) is 4.79 Å². The monoisotopic (exact) mass is 340 g/mol. The van der Waals surface area contributed by atoms with Crippen molar-refractivity contribution in [2.24, 2.45) is 0 Å². The third-order valence-electron chi connectivity index (χ3n) is 3.65. The van der Waals surface area contributed by atoms with Gasteiger partial charge in [0.2, 0.25) is 5.91 Å². The number of ether oxygens (including phenoxy) is 2. The topological polar surface area (TPSA) is 59.6 Å². The fourth-order valence-corrected chi connectivity index (χ4v) is 2.39. The van der Waals surface area contributed by atoms with Gasteiger partial charge in [0.1, 0.15) is 0 Å². The molecular formula is C20H24N2O3. The minimum atomic E-state index is -0.151. The van der Waals surface area contributed by atoms with Crippen molar-refractivity contribution < 1.29 is 14.3 Å². The summed E-state index contributed by atoms with van der Waals surface area (Å²) in [4.78, 5) is 12.0. The van der Waals surface area contributed by atoms with Crippen molar-refractivity contribution in [2.45, 2.75) is 13.3 Å². The van der Waals surface area contributed by atoms with Crippen LogP contribution in [0.2, 0.25) is 0 Å². The summed E-state index contributed by atoms with van der Waals surface area (Å²) < 4.78 is 10.5. The maximum atomic E-state index is 12.0. The van der Waals surface area contributed by atoms with E-state index in [-0.39, 0.29) is 5.91 Å². The van der Waals surface area contributed by atoms with Gasteiger partial charge in [-0.1, -0.05) is 24.3 Å². The second kappa shape index (κ2) is 9.37. The van der Waals surface area contributed by atoms with Gasteiger partial charge in [0.05, 0.1) is 14.2 Å². The lowest BCUT2D eigenvalue weighted by Crippen LogP contribution is -2.18. The summed E-state index contributed by atoms with van der Waals surface area (Å²) >= 11 is 0. The van der Waals surface area contributed by atoms with Crippen molar-refractivity contribution in [1.82, 2.24) is 5.32 Å². The van der Waals surface area contributed by atoms with E-state index in [2.05, 4.69) is 10.6 Å². The molecule has 0 aliphatic heterocycles. The van der Waals surface area contributed by atoms with Gasteiger partial charge in [-0.25, -0.2) is 0 Å². The first-order valence-corrected chi connectivity index (χ1v) is 8.11. The Labute approximate surface area is 148 Å². The highest BCUT2D eigenvalue weighted by Crippen LogP contribution is 2.27. The molecule has 0 unspecified atom stereocenters. The van der Waals surface area contributed by atoms with Crippen LogP contribution in [0.4, 0.5) is 5.69 Å². The fourth-order valence-electron chi connectivity index (χ4n) is 2.39. The molecule has 0 bridgehead atoms. The lowest BCUT2D eigenvalue weighted by atomic mass is 10.1. The Kier molecular flexibility index (Phi) is 6.89. The first-order valence-electron chi connectivity index (χ1n) is 8.11. The number of carbonyl (C=O) groups is 1. The molecule has 0 aromatic heterocycles. The van der Waals surface area contributed by atoms with Crippen molar-refractivity contribution in [3.05, 3.63) is 65.9 Å². The Morgan fingerprint density at radius 2 is 1.76 bits per heavy atom. The zero-order valence-corrected chi connectivity index (χ0v) is 14.8. The van der Waals surface area contributed by atoms with Gasteiger partial charge >= 0.3 is 0 Å². The van der Waals surface area contributed by atoms with Crippen LogP contribution in [0.15, 0.2) is 60.3 Å². The molecule has 5 nitrogen and oxygen atoms in total. The first kappa shape index (κ1) is 18.4. The van der Waals surface area contributed by atoms with Gasteiger partial charge in [0.25, 0.3) is 0 Å². The normalized spacial score (nSPS) is 10.9. The van der Waals surface area contributed by atoms with Crippen LogP contribution in [0.1, 0.15) is 12.5 Å². The van der Waals surface area contributed by atoms with Crippen LogP contribution in [-0.4, -0.2) is 26.7 Å². The van der Waals surface area contributed by atoms with Crippen molar-refractivity contribution in [3.8, 4) is 11.5 Å². The fraction of sp³-hybridized carbons (Fsp3) is 0.250. The number of hydrogen-bond donors (Lipinski definition) is 2. The quantitative estimate of drug-likeness (QED) is 0.723. The lowest BCUT2D eigenvalue weighted by Gasteiger charge is -2.11. The molecule has 2 aromatic rings. The van der Waals surface area contributed by atoms with Gasteiger partial charge in [-0.2, -0.15) is 0 Å². The molecular weight excluding hydrogens is 316 g/mol. The number of nitrogens with one attached hydrogen (secondary N) is 2. The summed E-state index contributed by atoms with van der Waals surface area (Å²) in [6, 6.07) is 15.2. The summed E-state index contributed by atoms with van der Waals surface area (Å²) in [7, 11) is 3.24. The zero-order chi connectivity index (χ0) is 18.1. The molecule has 132 valence electrons. The largest absolute Gasteiger partial charge is 0.493 e. The van der Waals surface area contributed by atoms with Gasteiger partial charge in [-0.15, -0.1) is 0 Å². The van der Waals surface area contributed by atoms with Crippen LogP contribution in [0.25, 0.3) is 0 Å². The molecule has 2 N–H and O–H groups in total. The van der Waals surface area contributed by atoms with Gasteiger partial charge in [-0.05, 0) is 43.2 Å². The van der Waals surface area contributed by atoms with Crippen LogP contribution in [-0.2, 0) is 11.2 Å². The molecule has 1 amide bonds. The van der Waals surface area contributed by atoms with Gasteiger partial charge in [0.15, 0.2) is 11.5 Å². The van der Waals surface area contributed by atoms with Crippen molar-refractivity contribution in [3.63, 3.8) is 0 Å². The van der Waals surface area contributed by atoms with E-state index in [1.165, 1.54) is 0 Å². The highest BCUT2D eigenvalue weighted by Gasteiger charge is 2.04. The van der Waals surface area contributed by atoms with E-state index in [9.17, 15) is 4.79 Å². The first-order chi connectivity index (χ1) is 12.1. The number of hydrogen-bond acceptors (Lipinski definition) is 4. The molecule has 2 aromatic carbocycles. The van der Waals surface area contributed by atoms with Crippen LogP contribution >= 0.6 is 0 Å². The predicted molar refractivity (Wildman–Crippen MR) is 100 cm³/mol. The van der Waals surface area contributed by atoms with Crippen LogP contribution in [0.3, 0.4) is 0 Å². The molecule has 25 heavy (non-hydrogen) atoms. The minimum absolute atomic E-state index is 0.151. The molecule has 0 saturated carbocycles. The molecule has 0 spiro atoms. The van der Waals surface area contributed by atoms with Crippen molar-refractivity contribution >= 4 is 11.6 Å².